The molecular formula is C24H18N2O5. The number of amides is 2. The lowest BCUT2D eigenvalue weighted by molar-refractivity contribution is -0.384. The molecule has 0 radical (unpaired) electrons. The molecule has 3 aromatic carbocycles. The Balaban J connectivity index is 1.73. The fraction of sp³-hybridized carbons (Fsp3) is 0.0833. The van der Waals surface area contributed by atoms with E-state index in [0.717, 1.165) is 5.56 Å². The minimum absolute atomic E-state index is 0.0335. The van der Waals surface area contributed by atoms with Gasteiger partial charge in [-0.25, -0.2) is 0 Å². The Kier molecular flexibility index (Phi) is 5.32. The smallest absolute Gasteiger partial charge is 0.269 e. The van der Waals surface area contributed by atoms with Crippen molar-refractivity contribution in [3.05, 3.63) is 105 Å². The molecule has 2 amide bonds. The summed E-state index contributed by atoms with van der Waals surface area (Å²) < 4.78 is 5.16. The molecule has 1 heterocycles. The highest BCUT2D eigenvalue weighted by Crippen LogP contribution is 2.31. The average molecular weight is 414 g/mol. The highest BCUT2D eigenvalue weighted by atomic mass is 16.6. The molecule has 0 bridgehead atoms. The third kappa shape index (κ3) is 3.93. The van der Waals surface area contributed by atoms with E-state index in [4.69, 9.17) is 4.74 Å². The van der Waals surface area contributed by atoms with Crippen molar-refractivity contribution in [3.8, 4) is 5.75 Å². The number of fused-ring (bicyclic) bond motifs is 1. The van der Waals surface area contributed by atoms with Crippen LogP contribution in [-0.2, 0) is 11.3 Å². The number of non-ortho nitro benzene ring substituents is 1. The fourth-order valence-corrected chi connectivity index (χ4v) is 3.46. The van der Waals surface area contributed by atoms with Crippen LogP contribution in [-0.4, -0.2) is 28.7 Å². The van der Waals surface area contributed by atoms with Crippen LogP contribution >= 0.6 is 0 Å². The van der Waals surface area contributed by atoms with E-state index in [1.54, 1.807) is 73.8 Å². The van der Waals surface area contributed by atoms with Gasteiger partial charge in [0.25, 0.3) is 17.5 Å². The van der Waals surface area contributed by atoms with Gasteiger partial charge in [-0.05, 0) is 53.1 Å². The third-order valence-electron chi connectivity index (χ3n) is 5.08. The van der Waals surface area contributed by atoms with Crippen molar-refractivity contribution in [2.45, 2.75) is 6.54 Å². The van der Waals surface area contributed by atoms with Crippen molar-refractivity contribution in [3.63, 3.8) is 0 Å². The molecule has 0 aliphatic carbocycles. The summed E-state index contributed by atoms with van der Waals surface area (Å²) in [5.74, 6) is -0.0979. The van der Waals surface area contributed by atoms with E-state index in [-0.39, 0.29) is 18.1 Å². The second-order valence-electron chi connectivity index (χ2n) is 7.00. The SMILES string of the molecule is COc1ccc(CN2C(=O)/C(=C/c3ccc([N+](=O)[O-])cc3)c3ccccc3C2=O)cc1. The first-order chi connectivity index (χ1) is 15.0. The van der Waals surface area contributed by atoms with Crippen LogP contribution in [0.5, 0.6) is 5.75 Å². The van der Waals surface area contributed by atoms with Crippen LogP contribution in [0.15, 0.2) is 72.8 Å². The Morgan fingerprint density at radius 3 is 2.16 bits per heavy atom. The van der Waals surface area contributed by atoms with Gasteiger partial charge in [-0.2, -0.15) is 0 Å². The van der Waals surface area contributed by atoms with E-state index in [1.165, 1.54) is 17.0 Å². The summed E-state index contributed by atoms with van der Waals surface area (Å²) in [6.45, 7) is 0.119. The second kappa shape index (κ2) is 8.23. The van der Waals surface area contributed by atoms with Gasteiger partial charge in [0.05, 0.1) is 18.6 Å². The molecule has 0 saturated carbocycles. The van der Waals surface area contributed by atoms with Crippen LogP contribution in [0.3, 0.4) is 0 Å². The van der Waals surface area contributed by atoms with Gasteiger partial charge < -0.3 is 4.74 Å². The van der Waals surface area contributed by atoms with Gasteiger partial charge in [0.15, 0.2) is 0 Å². The van der Waals surface area contributed by atoms with Gasteiger partial charge in [0, 0.05) is 23.3 Å². The predicted molar refractivity (Wildman–Crippen MR) is 115 cm³/mol. The van der Waals surface area contributed by atoms with E-state index in [0.29, 0.717) is 28.0 Å². The standard InChI is InChI=1S/C24H18N2O5/c1-31-19-12-8-17(9-13-19)15-25-23(27)21-5-3-2-4-20(21)22(24(25)28)14-16-6-10-18(11-7-16)26(29)30/h2-14H,15H2,1H3/b22-14+. The lowest BCUT2D eigenvalue weighted by Gasteiger charge is -2.28. The molecule has 154 valence electrons. The number of carbonyl (C=O) groups is 2. The molecule has 0 spiro atoms. The Labute approximate surface area is 178 Å². The van der Waals surface area contributed by atoms with Crippen molar-refractivity contribution >= 4 is 29.2 Å². The molecule has 0 saturated heterocycles. The van der Waals surface area contributed by atoms with Gasteiger partial charge in [0.1, 0.15) is 5.75 Å². The number of rotatable bonds is 5. The first-order valence-corrected chi connectivity index (χ1v) is 9.52. The molecular weight excluding hydrogens is 396 g/mol. The summed E-state index contributed by atoms with van der Waals surface area (Å²) in [4.78, 5) is 38.0. The number of nitrogens with zero attached hydrogens (tertiary/aromatic N) is 2. The van der Waals surface area contributed by atoms with Crippen LogP contribution in [0.1, 0.15) is 27.0 Å². The summed E-state index contributed by atoms with van der Waals surface area (Å²) in [5.41, 5.74) is 2.72. The maximum absolute atomic E-state index is 13.3. The average Bonchev–Trinajstić information content (AvgIpc) is 2.80. The quantitative estimate of drug-likeness (QED) is 0.268. The second-order valence-corrected chi connectivity index (χ2v) is 7.00. The molecule has 3 aromatic rings. The van der Waals surface area contributed by atoms with E-state index in [2.05, 4.69) is 0 Å². The molecule has 4 rings (SSSR count). The molecule has 0 unspecified atom stereocenters. The third-order valence-corrected chi connectivity index (χ3v) is 5.08. The molecule has 0 N–H and O–H groups in total. The highest BCUT2D eigenvalue weighted by molar-refractivity contribution is 6.33. The predicted octanol–water partition coefficient (Wildman–Crippen LogP) is 4.33. The molecule has 1 aliphatic heterocycles. The van der Waals surface area contributed by atoms with Crippen molar-refractivity contribution in [2.75, 3.05) is 7.11 Å². The zero-order chi connectivity index (χ0) is 22.0. The Morgan fingerprint density at radius 2 is 1.55 bits per heavy atom. The van der Waals surface area contributed by atoms with E-state index in [9.17, 15) is 19.7 Å². The summed E-state index contributed by atoms with van der Waals surface area (Å²) in [5, 5.41) is 10.9. The lowest BCUT2D eigenvalue weighted by Crippen LogP contribution is -2.41. The first-order valence-electron chi connectivity index (χ1n) is 9.52. The number of nitro benzene ring substituents is 1. The van der Waals surface area contributed by atoms with Crippen LogP contribution < -0.4 is 4.74 Å². The number of hydrogen-bond donors (Lipinski definition) is 0. The largest absolute Gasteiger partial charge is 0.497 e. The van der Waals surface area contributed by atoms with Crippen molar-refractivity contribution in [1.82, 2.24) is 4.90 Å². The zero-order valence-corrected chi connectivity index (χ0v) is 16.6. The van der Waals surface area contributed by atoms with Gasteiger partial charge in [-0.15, -0.1) is 0 Å². The molecule has 0 atom stereocenters. The highest BCUT2D eigenvalue weighted by Gasteiger charge is 2.34. The number of imide groups is 1. The van der Waals surface area contributed by atoms with Gasteiger partial charge in [0.2, 0.25) is 0 Å². The van der Waals surface area contributed by atoms with E-state index in [1.807, 2.05) is 0 Å². The maximum Gasteiger partial charge on any atom is 0.269 e. The van der Waals surface area contributed by atoms with E-state index < -0.39 is 10.8 Å². The van der Waals surface area contributed by atoms with Crippen molar-refractivity contribution < 1.29 is 19.2 Å². The zero-order valence-electron chi connectivity index (χ0n) is 16.6. The minimum Gasteiger partial charge on any atom is -0.497 e. The fourth-order valence-electron chi connectivity index (χ4n) is 3.46. The minimum atomic E-state index is -0.479. The molecule has 7 nitrogen and oxygen atoms in total. The Bertz CT molecular complexity index is 1200. The van der Waals surface area contributed by atoms with Crippen LogP contribution in [0.25, 0.3) is 11.6 Å². The summed E-state index contributed by atoms with van der Waals surface area (Å²) in [6, 6.07) is 20.0. The molecule has 0 aromatic heterocycles. The van der Waals surface area contributed by atoms with Gasteiger partial charge in [-0.3, -0.25) is 24.6 Å². The lowest BCUT2D eigenvalue weighted by atomic mass is 9.91. The monoisotopic (exact) mass is 414 g/mol. The maximum atomic E-state index is 13.3. The normalized spacial score (nSPS) is 14.5. The first kappa shape index (κ1) is 20.0. The molecule has 0 fully saturated rings. The topological polar surface area (TPSA) is 89.8 Å². The van der Waals surface area contributed by atoms with Crippen LogP contribution in [0.2, 0.25) is 0 Å². The number of nitro groups is 1. The number of hydrogen-bond acceptors (Lipinski definition) is 5. The van der Waals surface area contributed by atoms with Gasteiger partial charge >= 0.3 is 0 Å². The molecule has 7 heteroatoms. The van der Waals surface area contributed by atoms with E-state index >= 15 is 0 Å². The molecule has 31 heavy (non-hydrogen) atoms. The number of benzene rings is 3. The summed E-state index contributed by atoms with van der Waals surface area (Å²) >= 11 is 0. The Morgan fingerprint density at radius 1 is 0.903 bits per heavy atom. The van der Waals surface area contributed by atoms with Gasteiger partial charge in [-0.1, -0.05) is 30.3 Å². The summed E-state index contributed by atoms with van der Waals surface area (Å²) in [6.07, 6.45) is 1.65. The Hall–Kier alpha value is -4.26. The number of ether oxygens (including phenoxy) is 1. The van der Waals surface area contributed by atoms with Crippen molar-refractivity contribution in [2.24, 2.45) is 0 Å². The summed E-state index contributed by atoms with van der Waals surface area (Å²) in [7, 11) is 1.57. The molecule has 1 aliphatic rings. The van der Waals surface area contributed by atoms with Crippen LogP contribution in [0.4, 0.5) is 5.69 Å². The van der Waals surface area contributed by atoms with Crippen LogP contribution in [0, 0.1) is 10.1 Å². The number of carbonyl (C=O) groups excluding carboxylic acids is 2. The van der Waals surface area contributed by atoms with Crippen molar-refractivity contribution in [1.29, 1.82) is 0 Å². The number of methoxy groups -OCH3 is 1.